The first-order valence-electron chi connectivity index (χ1n) is 8.62. The number of methoxy groups -OCH3 is 1. The summed E-state index contributed by atoms with van der Waals surface area (Å²) in [4.78, 5) is 12.5. The number of anilines is 1. The van der Waals surface area contributed by atoms with Crippen molar-refractivity contribution < 1.29 is 14.3 Å². The van der Waals surface area contributed by atoms with E-state index in [0.29, 0.717) is 54.1 Å². The van der Waals surface area contributed by atoms with Crippen LogP contribution in [0.3, 0.4) is 0 Å². The number of para-hydroxylation sites is 1. The molecule has 0 aliphatic carbocycles. The maximum atomic E-state index is 12.5. The highest BCUT2D eigenvalue weighted by molar-refractivity contribution is 6.32. The van der Waals surface area contributed by atoms with E-state index in [9.17, 15) is 4.79 Å². The number of ether oxygens (including phenoxy) is 2. The van der Waals surface area contributed by atoms with Crippen LogP contribution in [0, 0.1) is 5.92 Å². The molecule has 2 bridgehead atoms. The molecule has 3 rings (SSSR count). The van der Waals surface area contributed by atoms with Crippen molar-refractivity contribution in [3.05, 3.63) is 23.2 Å². The molecule has 0 radical (unpaired) electrons. The van der Waals surface area contributed by atoms with Crippen LogP contribution in [0.5, 0.6) is 5.75 Å². The summed E-state index contributed by atoms with van der Waals surface area (Å²) in [7, 11) is 1.62. The van der Waals surface area contributed by atoms with E-state index in [-0.39, 0.29) is 18.3 Å². The van der Waals surface area contributed by atoms with Crippen LogP contribution in [0.25, 0.3) is 0 Å². The minimum atomic E-state index is 0. The molecular weight excluding hydrogens is 363 g/mol. The summed E-state index contributed by atoms with van der Waals surface area (Å²) in [5.41, 5.74) is 0.625. The van der Waals surface area contributed by atoms with E-state index in [1.807, 2.05) is 12.1 Å². The molecule has 0 aromatic heterocycles. The third-order valence-corrected chi connectivity index (χ3v) is 5.12. The lowest BCUT2D eigenvalue weighted by Gasteiger charge is -2.28. The molecule has 2 heterocycles. The predicted octanol–water partition coefficient (Wildman–Crippen LogP) is 3.65. The number of carbonyl (C=O) groups is 1. The van der Waals surface area contributed by atoms with Crippen LogP contribution >= 0.6 is 24.0 Å². The molecule has 25 heavy (non-hydrogen) atoms. The summed E-state index contributed by atoms with van der Waals surface area (Å²) in [6, 6.07) is 6.58. The first kappa shape index (κ1) is 20.3. The monoisotopic (exact) mass is 388 g/mol. The Morgan fingerprint density at radius 3 is 2.68 bits per heavy atom. The number of hydrogen-bond acceptors (Lipinski definition) is 4. The van der Waals surface area contributed by atoms with Gasteiger partial charge in [-0.2, -0.15) is 0 Å². The van der Waals surface area contributed by atoms with Gasteiger partial charge in [0.15, 0.2) is 5.75 Å². The molecule has 7 heteroatoms. The Morgan fingerprint density at radius 1 is 1.28 bits per heavy atom. The molecule has 2 N–H and O–H groups in total. The van der Waals surface area contributed by atoms with Crippen molar-refractivity contribution in [3.8, 4) is 5.75 Å². The Morgan fingerprint density at radius 2 is 2.00 bits per heavy atom. The van der Waals surface area contributed by atoms with Gasteiger partial charge in [0.05, 0.1) is 17.3 Å². The number of amides is 1. The first-order valence-corrected chi connectivity index (χ1v) is 8.99. The molecule has 2 aliphatic rings. The summed E-state index contributed by atoms with van der Waals surface area (Å²) in [5.74, 6) is 0.996. The zero-order valence-electron chi connectivity index (χ0n) is 14.4. The van der Waals surface area contributed by atoms with Crippen LogP contribution in [-0.2, 0) is 9.53 Å². The molecular formula is C18H26Cl2N2O3. The maximum absolute atomic E-state index is 12.5. The van der Waals surface area contributed by atoms with Crippen LogP contribution in [0.2, 0.25) is 5.02 Å². The Labute approximate surface area is 160 Å². The highest BCUT2D eigenvalue weighted by Gasteiger charge is 2.34. The maximum Gasteiger partial charge on any atom is 0.224 e. The molecule has 1 aromatic rings. The summed E-state index contributed by atoms with van der Waals surface area (Å²) < 4.78 is 10.7. The van der Waals surface area contributed by atoms with Gasteiger partial charge in [0, 0.05) is 25.6 Å². The van der Waals surface area contributed by atoms with E-state index >= 15 is 0 Å². The molecule has 5 nitrogen and oxygen atoms in total. The van der Waals surface area contributed by atoms with Crippen molar-refractivity contribution in [2.24, 2.45) is 5.92 Å². The Kier molecular flexibility index (Phi) is 7.81. The second-order valence-corrected chi connectivity index (χ2v) is 7.09. The molecule has 2 saturated heterocycles. The number of fused-ring (bicyclic) bond motifs is 2. The minimum Gasteiger partial charge on any atom is -0.487 e. The Hall–Kier alpha value is -1.01. The third kappa shape index (κ3) is 5.48. The normalized spacial score (nSPS) is 24.5. The van der Waals surface area contributed by atoms with Gasteiger partial charge in [0.2, 0.25) is 5.91 Å². The largest absolute Gasteiger partial charge is 0.487 e. The van der Waals surface area contributed by atoms with Crippen molar-refractivity contribution in [2.45, 2.75) is 44.2 Å². The fraction of sp³-hybridized carbons (Fsp3) is 0.611. The summed E-state index contributed by atoms with van der Waals surface area (Å²) >= 11 is 6.20. The summed E-state index contributed by atoms with van der Waals surface area (Å²) in [5, 5.41) is 7.06. The van der Waals surface area contributed by atoms with E-state index in [1.165, 1.54) is 12.8 Å². The molecule has 0 spiro atoms. The zero-order valence-corrected chi connectivity index (χ0v) is 16.0. The highest BCUT2D eigenvalue weighted by Crippen LogP contribution is 2.35. The van der Waals surface area contributed by atoms with Gasteiger partial charge in [-0.15, -0.1) is 12.4 Å². The highest BCUT2D eigenvalue weighted by atomic mass is 35.5. The fourth-order valence-electron chi connectivity index (χ4n) is 3.79. The molecule has 2 fully saturated rings. The lowest BCUT2D eigenvalue weighted by molar-refractivity contribution is -0.117. The lowest BCUT2D eigenvalue weighted by atomic mass is 9.89. The van der Waals surface area contributed by atoms with Crippen LogP contribution in [-0.4, -0.2) is 38.3 Å². The first-order chi connectivity index (χ1) is 11.7. The molecule has 0 saturated carbocycles. The number of nitrogens with one attached hydrogen (secondary N) is 2. The van der Waals surface area contributed by atoms with Gasteiger partial charge in [-0.25, -0.2) is 0 Å². The number of benzene rings is 1. The van der Waals surface area contributed by atoms with Gasteiger partial charge in [-0.1, -0.05) is 17.7 Å². The Bertz CT molecular complexity index is 573. The lowest BCUT2D eigenvalue weighted by Crippen LogP contribution is -2.39. The molecule has 140 valence electrons. The second-order valence-electron chi connectivity index (χ2n) is 6.69. The van der Waals surface area contributed by atoms with Gasteiger partial charge in [-0.3, -0.25) is 4.79 Å². The summed E-state index contributed by atoms with van der Waals surface area (Å²) in [6.07, 6.45) is 5.23. The Balaban J connectivity index is 0.00000225. The fourth-order valence-corrected chi connectivity index (χ4v) is 4.02. The number of halogens is 2. The molecule has 2 atom stereocenters. The number of piperidine rings is 1. The number of rotatable bonds is 7. The number of carbonyl (C=O) groups excluding carboxylic acids is 1. The van der Waals surface area contributed by atoms with E-state index in [2.05, 4.69) is 10.6 Å². The van der Waals surface area contributed by atoms with Crippen LogP contribution < -0.4 is 15.4 Å². The quantitative estimate of drug-likeness (QED) is 0.699. The predicted molar refractivity (Wildman–Crippen MR) is 102 cm³/mol. The van der Waals surface area contributed by atoms with Crippen molar-refractivity contribution in [1.29, 1.82) is 0 Å². The van der Waals surface area contributed by atoms with Crippen molar-refractivity contribution >= 4 is 35.6 Å². The summed E-state index contributed by atoms with van der Waals surface area (Å²) in [6.45, 7) is 0.858. The van der Waals surface area contributed by atoms with Gasteiger partial charge in [-0.05, 0) is 43.7 Å². The second kappa shape index (κ2) is 9.62. The molecule has 2 unspecified atom stereocenters. The van der Waals surface area contributed by atoms with Crippen LogP contribution in [0.4, 0.5) is 5.69 Å². The third-order valence-electron chi connectivity index (χ3n) is 4.82. The SMILES string of the molecule is COCCOc1c(Cl)cccc1NC(=O)CC1CC2CCC(C1)N2.Cl. The number of hydrogen-bond donors (Lipinski definition) is 2. The van der Waals surface area contributed by atoms with Crippen molar-refractivity contribution in [3.63, 3.8) is 0 Å². The van der Waals surface area contributed by atoms with E-state index in [4.69, 9.17) is 21.1 Å². The van der Waals surface area contributed by atoms with E-state index < -0.39 is 0 Å². The average molecular weight is 389 g/mol. The molecule has 1 aromatic carbocycles. The van der Waals surface area contributed by atoms with E-state index in [1.54, 1.807) is 13.2 Å². The minimum absolute atomic E-state index is 0. The zero-order chi connectivity index (χ0) is 16.9. The van der Waals surface area contributed by atoms with E-state index in [0.717, 1.165) is 12.8 Å². The average Bonchev–Trinajstić information content (AvgIpc) is 2.89. The van der Waals surface area contributed by atoms with Gasteiger partial charge >= 0.3 is 0 Å². The van der Waals surface area contributed by atoms with Gasteiger partial charge < -0.3 is 20.1 Å². The van der Waals surface area contributed by atoms with Gasteiger partial charge in [0.25, 0.3) is 0 Å². The van der Waals surface area contributed by atoms with Crippen LogP contribution in [0.1, 0.15) is 32.1 Å². The standard InChI is InChI=1S/C18H25ClN2O3.ClH/c1-23-7-8-24-18-15(19)3-2-4-16(18)21-17(22)11-12-9-13-5-6-14(10-12)20-13;/h2-4,12-14,20H,5-11H2,1H3,(H,21,22);1H. The molecule has 2 aliphatic heterocycles. The van der Waals surface area contributed by atoms with Gasteiger partial charge in [0.1, 0.15) is 6.61 Å². The van der Waals surface area contributed by atoms with Crippen LogP contribution in [0.15, 0.2) is 18.2 Å². The topological polar surface area (TPSA) is 59.6 Å². The molecule has 1 amide bonds. The smallest absolute Gasteiger partial charge is 0.224 e. The van der Waals surface area contributed by atoms with Crippen molar-refractivity contribution in [1.82, 2.24) is 5.32 Å². The van der Waals surface area contributed by atoms with Crippen molar-refractivity contribution in [2.75, 3.05) is 25.6 Å².